The summed E-state index contributed by atoms with van der Waals surface area (Å²) in [5, 5.41) is 6.99. The second kappa shape index (κ2) is 7.46. The van der Waals surface area contributed by atoms with Crippen molar-refractivity contribution in [1.29, 1.82) is 0 Å². The van der Waals surface area contributed by atoms with Crippen LogP contribution >= 0.6 is 0 Å². The van der Waals surface area contributed by atoms with Crippen molar-refractivity contribution < 1.29 is 12.9 Å². The minimum atomic E-state index is -3.60. The number of piperidine rings is 1. The average Bonchev–Trinajstić information content (AvgIpc) is 3.15. The first-order chi connectivity index (χ1) is 11.6. The number of aromatic nitrogens is 1. The monoisotopic (exact) mass is 349 g/mol. The highest BCUT2D eigenvalue weighted by Crippen LogP contribution is 2.31. The largest absolute Gasteiger partial charge is 0.356 e. The van der Waals surface area contributed by atoms with Crippen LogP contribution in [0.25, 0.3) is 11.3 Å². The Bertz CT molecular complexity index is 753. The standard InChI is InChI=1S/C17H23N3O3S/c1-2-13-20(14-7-10-18-11-8-14)24(21,22)17-6-4-3-5-15(17)16-9-12-19-23-16/h3-6,9,12,14,18H,2,7-8,10-11,13H2,1H3. The molecule has 1 aliphatic heterocycles. The molecule has 1 N–H and O–H groups in total. The second-order valence-corrected chi connectivity index (χ2v) is 7.83. The van der Waals surface area contributed by atoms with Crippen LogP contribution in [0.15, 0.2) is 45.9 Å². The summed E-state index contributed by atoms with van der Waals surface area (Å²) in [6.45, 7) is 4.23. The third-order valence-electron chi connectivity index (χ3n) is 4.34. The van der Waals surface area contributed by atoms with E-state index in [0.717, 1.165) is 32.4 Å². The summed E-state index contributed by atoms with van der Waals surface area (Å²) in [4.78, 5) is 0.286. The summed E-state index contributed by atoms with van der Waals surface area (Å²) in [6.07, 6.45) is 3.98. The third-order valence-corrected chi connectivity index (χ3v) is 6.35. The molecule has 0 saturated carbocycles. The molecule has 2 heterocycles. The minimum Gasteiger partial charge on any atom is -0.356 e. The van der Waals surface area contributed by atoms with Crippen molar-refractivity contribution in [3.63, 3.8) is 0 Å². The zero-order valence-electron chi connectivity index (χ0n) is 13.8. The maximum atomic E-state index is 13.4. The van der Waals surface area contributed by atoms with Gasteiger partial charge in [-0.25, -0.2) is 8.42 Å². The Labute approximate surface area is 142 Å². The molecular weight excluding hydrogens is 326 g/mol. The average molecular weight is 349 g/mol. The van der Waals surface area contributed by atoms with E-state index in [9.17, 15) is 8.42 Å². The van der Waals surface area contributed by atoms with Crippen LogP contribution < -0.4 is 5.32 Å². The quantitative estimate of drug-likeness (QED) is 0.867. The highest BCUT2D eigenvalue weighted by molar-refractivity contribution is 7.89. The molecule has 3 rings (SSSR count). The predicted molar refractivity (Wildman–Crippen MR) is 92.0 cm³/mol. The van der Waals surface area contributed by atoms with Crippen LogP contribution in [0.4, 0.5) is 0 Å². The zero-order chi connectivity index (χ0) is 17.0. The van der Waals surface area contributed by atoms with E-state index in [1.54, 1.807) is 28.6 Å². The van der Waals surface area contributed by atoms with Gasteiger partial charge in [0.1, 0.15) is 0 Å². The fourth-order valence-electron chi connectivity index (χ4n) is 3.19. The van der Waals surface area contributed by atoms with E-state index in [1.165, 1.54) is 6.20 Å². The molecule has 130 valence electrons. The first-order valence-corrected chi connectivity index (χ1v) is 9.81. The molecule has 0 spiro atoms. The van der Waals surface area contributed by atoms with Crippen molar-refractivity contribution in [2.24, 2.45) is 0 Å². The first-order valence-electron chi connectivity index (χ1n) is 8.37. The van der Waals surface area contributed by atoms with Crippen molar-refractivity contribution in [3.8, 4) is 11.3 Å². The van der Waals surface area contributed by atoms with E-state index < -0.39 is 10.0 Å². The molecule has 1 fully saturated rings. The lowest BCUT2D eigenvalue weighted by molar-refractivity contribution is 0.262. The molecule has 2 aromatic rings. The van der Waals surface area contributed by atoms with Gasteiger partial charge in [-0.2, -0.15) is 4.31 Å². The summed E-state index contributed by atoms with van der Waals surface area (Å²) >= 11 is 0. The van der Waals surface area contributed by atoms with Gasteiger partial charge in [0.05, 0.1) is 11.1 Å². The molecule has 7 heteroatoms. The molecule has 0 amide bonds. The van der Waals surface area contributed by atoms with Crippen molar-refractivity contribution in [1.82, 2.24) is 14.8 Å². The van der Waals surface area contributed by atoms with Gasteiger partial charge in [0.2, 0.25) is 10.0 Å². The lowest BCUT2D eigenvalue weighted by atomic mass is 10.1. The number of hydrogen-bond acceptors (Lipinski definition) is 5. The van der Waals surface area contributed by atoms with Gasteiger partial charge in [-0.1, -0.05) is 24.2 Å². The number of hydrogen-bond donors (Lipinski definition) is 1. The van der Waals surface area contributed by atoms with Crippen LogP contribution in [0.5, 0.6) is 0 Å². The number of nitrogens with zero attached hydrogens (tertiary/aromatic N) is 2. The van der Waals surface area contributed by atoms with Gasteiger partial charge >= 0.3 is 0 Å². The highest BCUT2D eigenvalue weighted by Gasteiger charge is 2.33. The fraction of sp³-hybridized carbons (Fsp3) is 0.471. The maximum absolute atomic E-state index is 13.4. The van der Waals surface area contributed by atoms with Crippen molar-refractivity contribution in [3.05, 3.63) is 36.5 Å². The molecule has 1 aromatic carbocycles. The Hall–Kier alpha value is -1.70. The second-order valence-electron chi connectivity index (χ2n) is 5.97. The van der Waals surface area contributed by atoms with Crippen molar-refractivity contribution >= 4 is 10.0 Å². The molecule has 1 aromatic heterocycles. The molecule has 24 heavy (non-hydrogen) atoms. The minimum absolute atomic E-state index is 0.0407. The molecule has 0 radical (unpaired) electrons. The molecule has 0 bridgehead atoms. The number of rotatable bonds is 6. The van der Waals surface area contributed by atoms with Crippen LogP contribution in [0.1, 0.15) is 26.2 Å². The number of nitrogens with one attached hydrogen (secondary N) is 1. The van der Waals surface area contributed by atoms with Crippen LogP contribution in [0.3, 0.4) is 0 Å². The number of benzene rings is 1. The lowest BCUT2D eigenvalue weighted by Gasteiger charge is -2.34. The van der Waals surface area contributed by atoms with E-state index in [4.69, 9.17) is 4.52 Å². The van der Waals surface area contributed by atoms with Gasteiger partial charge in [-0.05, 0) is 44.5 Å². The van der Waals surface area contributed by atoms with Gasteiger partial charge in [0.25, 0.3) is 0 Å². The van der Waals surface area contributed by atoms with Crippen LogP contribution in [-0.4, -0.2) is 43.6 Å². The molecule has 1 aliphatic rings. The van der Waals surface area contributed by atoms with Gasteiger partial charge < -0.3 is 9.84 Å². The van der Waals surface area contributed by atoms with Crippen molar-refractivity contribution in [2.75, 3.05) is 19.6 Å². The van der Waals surface area contributed by atoms with Crippen LogP contribution in [0, 0.1) is 0 Å². The van der Waals surface area contributed by atoms with Gasteiger partial charge in [0.15, 0.2) is 5.76 Å². The SMILES string of the molecule is CCCN(C1CCNCC1)S(=O)(=O)c1ccccc1-c1ccno1. The number of sulfonamides is 1. The molecule has 6 nitrogen and oxygen atoms in total. The fourth-order valence-corrected chi connectivity index (χ4v) is 5.17. The summed E-state index contributed by atoms with van der Waals surface area (Å²) in [5.74, 6) is 0.468. The van der Waals surface area contributed by atoms with E-state index >= 15 is 0 Å². The van der Waals surface area contributed by atoms with Crippen LogP contribution in [0.2, 0.25) is 0 Å². The van der Waals surface area contributed by atoms with Gasteiger partial charge in [-0.15, -0.1) is 0 Å². The summed E-state index contributed by atoms with van der Waals surface area (Å²) in [6, 6.07) is 8.70. The van der Waals surface area contributed by atoms with Gasteiger partial charge in [-0.3, -0.25) is 0 Å². The molecule has 0 atom stereocenters. The Kier molecular flexibility index (Phi) is 5.33. The Morgan fingerprint density at radius 3 is 2.67 bits per heavy atom. The van der Waals surface area contributed by atoms with Crippen molar-refractivity contribution in [2.45, 2.75) is 37.1 Å². The highest BCUT2D eigenvalue weighted by atomic mass is 32.2. The lowest BCUT2D eigenvalue weighted by Crippen LogP contribution is -2.46. The van der Waals surface area contributed by atoms with Gasteiger partial charge in [0, 0.05) is 24.2 Å². The predicted octanol–water partition coefficient (Wildman–Crippen LogP) is 2.49. The molecule has 0 aliphatic carbocycles. The summed E-state index contributed by atoms with van der Waals surface area (Å²) < 4.78 is 33.6. The normalized spacial score (nSPS) is 16.6. The van der Waals surface area contributed by atoms with E-state index in [0.29, 0.717) is 17.9 Å². The van der Waals surface area contributed by atoms with E-state index in [2.05, 4.69) is 10.5 Å². The Morgan fingerprint density at radius 2 is 2.00 bits per heavy atom. The van der Waals surface area contributed by atoms with E-state index in [1.807, 2.05) is 13.0 Å². The third kappa shape index (κ3) is 3.38. The maximum Gasteiger partial charge on any atom is 0.244 e. The molecule has 1 saturated heterocycles. The summed E-state index contributed by atoms with van der Waals surface area (Å²) in [5.41, 5.74) is 0.560. The van der Waals surface area contributed by atoms with E-state index in [-0.39, 0.29) is 10.9 Å². The van der Waals surface area contributed by atoms with Crippen LogP contribution in [-0.2, 0) is 10.0 Å². The Balaban J connectivity index is 2.02. The Morgan fingerprint density at radius 1 is 1.25 bits per heavy atom. The zero-order valence-corrected chi connectivity index (χ0v) is 14.6. The topological polar surface area (TPSA) is 75.4 Å². The molecule has 0 unspecified atom stereocenters. The molecular formula is C17H23N3O3S. The smallest absolute Gasteiger partial charge is 0.244 e. The first kappa shape index (κ1) is 17.1. The summed E-state index contributed by atoms with van der Waals surface area (Å²) in [7, 11) is -3.60.